The summed E-state index contributed by atoms with van der Waals surface area (Å²) in [6.45, 7) is 2.45. The quantitative estimate of drug-likeness (QED) is 0.337. The number of rotatable bonds is 7. The molecule has 0 bridgehead atoms. The summed E-state index contributed by atoms with van der Waals surface area (Å²) in [5, 5.41) is 3.41. The Morgan fingerprint density at radius 3 is 2.44 bits per heavy atom. The van der Waals surface area contributed by atoms with Crippen molar-refractivity contribution in [2.24, 2.45) is 0 Å². The van der Waals surface area contributed by atoms with Crippen molar-refractivity contribution in [2.75, 3.05) is 0 Å². The number of thioether (sulfide) groups is 1. The van der Waals surface area contributed by atoms with Crippen molar-refractivity contribution in [3.05, 3.63) is 106 Å². The zero-order valence-corrected chi connectivity index (χ0v) is 18.3. The number of fused-ring (bicyclic) bond motifs is 1. The second-order valence-corrected chi connectivity index (χ2v) is 8.70. The van der Waals surface area contributed by atoms with Crippen molar-refractivity contribution < 1.29 is 9.18 Å². The van der Waals surface area contributed by atoms with Crippen LogP contribution >= 0.6 is 11.8 Å². The first-order chi connectivity index (χ1) is 15.5. The van der Waals surface area contributed by atoms with Gasteiger partial charge in [-0.3, -0.25) is 14.2 Å². The molecule has 4 aromatic rings. The third kappa shape index (κ3) is 5.06. The van der Waals surface area contributed by atoms with Crippen molar-refractivity contribution in [1.82, 2.24) is 14.9 Å². The van der Waals surface area contributed by atoms with E-state index >= 15 is 0 Å². The number of aromatic nitrogens is 2. The van der Waals surface area contributed by atoms with Crippen LogP contribution in [-0.4, -0.2) is 20.7 Å². The van der Waals surface area contributed by atoms with Gasteiger partial charge in [-0.25, -0.2) is 9.37 Å². The van der Waals surface area contributed by atoms with Crippen LogP contribution in [0.15, 0.2) is 88.8 Å². The van der Waals surface area contributed by atoms with Crippen LogP contribution in [-0.2, 0) is 17.9 Å². The molecule has 0 fully saturated rings. The molecular weight excluding hydrogens is 425 g/mol. The van der Waals surface area contributed by atoms with E-state index in [-0.39, 0.29) is 23.8 Å². The number of para-hydroxylation sites is 1. The summed E-state index contributed by atoms with van der Waals surface area (Å²) in [5.41, 5.74) is 2.16. The van der Waals surface area contributed by atoms with E-state index in [1.54, 1.807) is 41.8 Å². The molecule has 0 saturated heterocycles. The van der Waals surface area contributed by atoms with Gasteiger partial charge in [-0.1, -0.05) is 66.4 Å². The first-order valence-electron chi connectivity index (χ1n) is 10.2. The predicted octanol–water partition coefficient (Wildman–Crippen LogP) is 4.38. The third-order valence-electron chi connectivity index (χ3n) is 5.04. The van der Waals surface area contributed by atoms with Crippen molar-refractivity contribution >= 4 is 28.6 Å². The van der Waals surface area contributed by atoms with Gasteiger partial charge in [0.15, 0.2) is 5.16 Å². The molecule has 0 aliphatic rings. The molecule has 0 spiro atoms. The number of benzene rings is 3. The maximum absolute atomic E-state index is 13.3. The van der Waals surface area contributed by atoms with Gasteiger partial charge >= 0.3 is 0 Å². The molecule has 1 amide bonds. The Kier molecular flexibility index (Phi) is 6.66. The highest BCUT2D eigenvalue weighted by Gasteiger charge is 2.19. The van der Waals surface area contributed by atoms with Crippen LogP contribution in [0.2, 0.25) is 0 Å². The Morgan fingerprint density at radius 1 is 1.00 bits per heavy atom. The molecule has 0 radical (unpaired) electrons. The summed E-state index contributed by atoms with van der Waals surface area (Å²) >= 11 is 1.23. The molecule has 1 N–H and O–H groups in total. The second kappa shape index (κ2) is 9.78. The largest absolute Gasteiger partial charge is 0.351 e. The van der Waals surface area contributed by atoms with Crippen molar-refractivity contribution in [3.8, 4) is 0 Å². The normalized spacial score (nSPS) is 11.9. The van der Waals surface area contributed by atoms with Crippen LogP contribution < -0.4 is 10.9 Å². The third-order valence-corrected chi connectivity index (χ3v) is 6.13. The molecule has 1 atom stereocenters. The maximum atomic E-state index is 13.3. The zero-order valence-electron chi connectivity index (χ0n) is 17.5. The Hall–Kier alpha value is -3.45. The van der Waals surface area contributed by atoms with Gasteiger partial charge in [0.1, 0.15) is 5.82 Å². The van der Waals surface area contributed by atoms with Gasteiger partial charge in [0.05, 0.1) is 22.7 Å². The van der Waals surface area contributed by atoms with E-state index in [1.807, 2.05) is 36.4 Å². The number of hydrogen-bond acceptors (Lipinski definition) is 4. The molecule has 1 heterocycles. The van der Waals surface area contributed by atoms with Gasteiger partial charge in [0, 0.05) is 6.54 Å². The van der Waals surface area contributed by atoms with Crippen LogP contribution in [0.3, 0.4) is 0 Å². The lowest BCUT2D eigenvalue weighted by Crippen LogP contribution is -2.31. The van der Waals surface area contributed by atoms with Gasteiger partial charge in [0.2, 0.25) is 5.91 Å². The summed E-state index contributed by atoms with van der Waals surface area (Å²) in [7, 11) is 0. The predicted molar refractivity (Wildman–Crippen MR) is 125 cm³/mol. The number of nitrogens with one attached hydrogen (secondary N) is 1. The second-order valence-electron chi connectivity index (χ2n) is 7.39. The first-order valence-corrected chi connectivity index (χ1v) is 11.1. The monoisotopic (exact) mass is 447 g/mol. The van der Waals surface area contributed by atoms with Crippen LogP contribution in [0.1, 0.15) is 18.1 Å². The molecule has 7 heteroatoms. The number of hydrogen-bond donors (Lipinski definition) is 1. The summed E-state index contributed by atoms with van der Waals surface area (Å²) in [4.78, 5) is 30.6. The molecular formula is C25H22FN3O2S. The van der Waals surface area contributed by atoms with Crippen LogP contribution in [0.25, 0.3) is 10.9 Å². The van der Waals surface area contributed by atoms with Gasteiger partial charge in [-0.15, -0.1) is 0 Å². The highest BCUT2D eigenvalue weighted by Crippen LogP contribution is 2.23. The molecule has 162 valence electrons. The average Bonchev–Trinajstić information content (AvgIpc) is 2.82. The standard InChI is InChI=1S/C25H22FN3O2S/c1-17(23(30)27-15-18-7-3-2-4-8-18)32-25-28-22-10-6-5-9-21(22)24(31)29(25)16-19-11-13-20(26)14-12-19/h2-14,17H,15-16H2,1H3,(H,27,30)/t17-/m0/s1. The first kappa shape index (κ1) is 21.8. The summed E-state index contributed by atoms with van der Waals surface area (Å²) in [6.07, 6.45) is 0. The lowest BCUT2D eigenvalue weighted by Gasteiger charge is -2.16. The van der Waals surface area contributed by atoms with E-state index in [9.17, 15) is 14.0 Å². The minimum atomic E-state index is -0.466. The minimum absolute atomic E-state index is 0.144. The number of nitrogens with zero attached hydrogens (tertiary/aromatic N) is 2. The number of halogens is 1. The van der Waals surface area contributed by atoms with E-state index in [0.29, 0.717) is 22.6 Å². The molecule has 5 nitrogen and oxygen atoms in total. The van der Waals surface area contributed by atoms with Gasteiger partial charge in [-0.05, 0) is 42.3 Å². The molecule has 0 aliphatic carbocycles. The Bertz CT molecular complexity index is 1290. The highest BCUT2D eigenvalue weighted by atomic mass is 32.2. The molecule has 4 rings (SSSR count). The Balaban J connectivity index is 1.60. The Morgan fingerprint density at radius 2 is 1.69 bits per heavy atom. The van der Waals surface area contributed by atoms with Gasteiger partial charge in [0.25, 0.3) is 5.56 Å². The number of carbonyl (C=O) groups is 1. The molecule has 0 saturated carbocycles. The van der Waals surface area contributed by atoms with E-state index < -0.39 is 5.25 Å². The topological polar surface area (TPSA) is 64.0 Å². The zero-order chi connectivity index (χ0) is 22.5. The number of amides is 1. The fraction of sp³-hybridized carbons (Fsp3) is 0.160. The summed E-state index contributed by atoms with van der Waals surface area (Å²) < 4.78 is 14.9. The van der Waals surface area contributed by atoms with Crippen molar-refractivity contribution in [2.45, 2.75) is 30.4 Å². The molecule has 3 aromatic carbocycles. The van der Waals surface area contributed by atoms with Crippen LogP contribution in [0.4, 0.5) is 4.39 Å². The van der Waals surface area contributed by atoms with E-state index in [1.165, 1.54) is 23.9 Å². The van der Waals surface area contributed by atoms with E-state index in [0.717, 1.165) is 11.1 Å². The van der Waals surface area contributed by atoms with E-state index in [4.69, 9.17) is 0 Å². The van der Waals surface area contributed by atoms with Crippen LogP contribution in [0, 0.1) is 5.82 Å². The van der Waals surface area contributed by atoms with Gasteiger partial charge < -0.3 is 5.32 Å². The van der Waals surface area contributed by atoms with Crippen molar-refractivity contribution in [3.63, 3.8) is 0 Å². The highest BCUT2D eigenvalue weighted by molar-refractivity contribution is 8.00. The molecule has 32 heavy (non-hydrogen) atoms. The fourth-order valence-corrected chi connectivity index (χ4v) is 4.22. The Labute approximate surface area is 189 Å². The molecule has 0 aliphatic heterocycles. The smallest absolute Gasteiger partial charge is 0.262 e. The van der Waals surface area contributed by atoms with E-state index in [2.05, 4.69) is 10.3 Å². The van der Waals surface area contributed by atoms with Crippen LogP contribution in [0.5, 0.6) is 0 Å². The average molecular weight is 448 g/mol. The van der Waals surface area contributed by atoms with Crippen molar-refractivity contribution in [1.29, 1.82) is 0 Å². The van der Waals surface area contributed by atoms with Gasteiger partial charge in [-0.2, -0.15) is 0 Å². The summed E-state index contributed by atoms with van der Waals surface area (Å²) in [6, 6.07) is 22.8. The summed E-state index contributed by atoms with van der Waals surface area (Å²) in [5.74, 6) is -0.481. The maximum Gasteiger partial charge on any atom is 0.262 e. The minimum Gasteiger partial charge on any atom is -0.351 e. The molecule has 1 aromatic heterocycles. The lowest BCUT2D eigenvalue weighted by atomic mass is 10.2. The SMILES string of the molecule is C[C@H](Sc1nc2ccccc2c(=O)n1Cc1ccc(F)cc1)C(=O)NCc1ccccc1. The lowest BCUT2D eigenvalue weighted by molar-refractivity contribution is -0.120. The fourth-order valence-electron chi connectivity index (χ4n) is 3.29. The number of carbonyl (C=O) groups excluding carboxylic acids is 1. The molecule has 0 unspecified atom stereocenters.